The molecule has 0 radical (unpaired) electrons. The maximum absolute atomic E-state index is 9.51. The van der Waals surface area contributed by atoms with Crippen molar-refractivity contribution in [1.29, 1.82) is 0 Å². The lowest BCUT2D eigenvalue weighted by atomic mass is 10.2. The van der Waals surface area contributed by atoms with Gasteiger partial charge in [-0.05, 0) is 19.2 Å². The zero-order valence-electron chi connectivity index (χ0n) is 8.17. The second kappa shape index (κ2) is 5.15. The van der Waals surface area contributed by atoms with Gasteiger partial charge in [0, 0.05) is 13.0 Å². The molecule has 1 aromatic carbocycles. The van der Waals surface area contributed by atoms with Crippen molar-refractivity contribution >= 4 is 5.69 Å². The number of aromatic hydroxyl groups is 1. The topological polar surface area (TPSA) is 58.3 Å². The van der Waals surface area contributed by atoms with E-state index in [-0.39, 0.29) is 5.75 Å². The molecule has 0 bridgehead atoms. The van der Waals surface area contributed by atoms with E-state index in [0.717, 1.165) is 13.0 Å². The van der Waals surface area contributed by atoms with E-state index < -0.39 is 0 Å². The second-order valence-corrected chi connectivity index (χ2v) is 2.90. The minimum atomic E-state index is 0.0736. The molecule has 0 heterocycles. The maximum Gasteiger partial charge on any atom is 0.154 e. The van der Waals surface area contributed by atoms with E-state index >= 15 is 0 Å². The van der Waals surface area contributed by atoms with Gasteiger partial charge in [0.05, 0.1) is 11.3 Å². The zero-order valence-corrected chi connectivity index (χ0v) is 8.17. The van der Waals surface area contributed by atoms with Gasteiger partial charge in [-0.2, -0.15) is 0 Å². The van der Waals surface area contributed by atoms with E-state index in [9.17, 15) is 5.11 Å². The molecule has 0 aliphatic carbocycles. The number of para-hydroxylation sites is 1. The number of benzene rings is 1. The Bertz CT molecular complexity index is 363. The molecule has 1 rings (SSSR count). The third-order valence-corrected chi connectivity index (χ3v) is 1.79. The van der Waals surface area contributed by atoms with E-state index in [1.807, 2.05) is 7.05 Å². The first-order valence-electron chi connectivity index (χ1n) is 4.46. The van der Waals surface area contributed by atoms with E-state index in [4.69, 9.17) is 5.73 Å². The van der Waals surface area contributed by atoms with E-state index in [1.54, 1.807) is 18.2 Å². The number of anilines is 1. The number of nitrogens with two attached hydrogens (primary N) is 1. The lowest BCUT2D eigenvalue weighted by Crippen LogP contribution is -2.05. The van der Waals surface area contributed by atoms with Gasteiger partial charge < -0.3 is 16.2 Å². The van der Waals surface area contributed by atoms with Crippen molar-refractivity contribution in [3.8, 4) is 17.6 Å². The highest BCUT2D eigenvalue weighted by molar-refractivity contribution is 5.60. The van der Waals surface area contributed by atoms with Crippen LogP contribution in [0.3, 0.4) is 0 Å². The van der Waals surface area contributed by atoms with Gasteiger partial charge in [-0.1, -0.05) is 17.9 Å². The summed E-state index contributed by atoms with van der Waals surface area (Å²) < 4.78 is 0. The van der Waals surface area contributed by atoms with Crippen LogP contribution < -0.4 is 11.1 Å². The van der Waals surface area contributed by atoms with Crippen molar-refractivity contribution in [3.63, 3.8) is 0 Å². The second-order valence-electron chi connectivity index (χ2n) is 2.90. The zero-order chi connectivity index (χ0) is 10.4. The van der Waals surface area contributed by atoms with Crippen LogP contribution in [0.5, 0.6) is 5.75 Å². The molecule has 0 amide bonds. The van der Waals surface area contributed by atoms with Gasteiger partial charge in [0.2, 0.25) is 0 Å². The maximum atomic E-state index is 9.51. The Morgan fingerprint density at radius 1 is 1.50 bits per heavy atom. The highest BCUT2D eigenvalue weighted by Gasteiger charge is 1.99. The van der Waals surface area contributed by atoms with Crippen LogP contribution in [0, 0.1) is 11.8 Å². The van der Waals surface area contributed by atoms with E-state index in [1.165, 1.54) is 0 Å². The molecule has 3 nitrogen and oxygen atoms in total. The average Bonchev–Trinajstić information content (AvgIpc) is 2.19. The number of hydrogen-bond acceptors (Lipinski definition) is 3. The molecule has 74 valence electrons. The average molecular weight is 190 g/mol. The number of rotatable bonds is 2. The SMILES string of the molecule is CNCCC#Cc1cccc(N)c1O. The molecule has 0 aliphatic heterocycles. The standard InChI is InChI=1S/C11H14N2O/c1-13-8-3-2-5-9-6-4-7-10(12)11(9)14/h4,6-7,13-14H,3,8,12H2,1H3. The highest BCUT2D eigenvalue weighted by Crippen LogP contribution is 2.23. The Kier molecular flexibility index (Phi) is 3.84. The lowest BCUT2D eigenvalue weighted by molar-refractivity contribution is 0.476. The molecule has 0 aliphatic rings. The summed E-state index contributed by atoms with van der Waals surface area (Å²) in [4.78, 5) is 0. The fraction of sp³-hybridized carbons (Fsp3) is 0.273. The third-order valence-electron chi connectivity index (χ3n) is 1.79. The minimum Gasteiger partial charge on any atom is -0.505 e. The van der Waals surface area contributed by atoms with Crippen LogP contribution in [0.4, 0.5) is 5.69 Å². The van der Waals surface area contributed by atoms with Crippen LogP contribution in [0.15, 0.2) is 18.2 Å². The summed E-state index contributed by atoms with van der Waals surface area (Å²) in [5.74, 6) is 5.88. The van der Waals surface area contributed by atoms with Crippen LogP contribution in [0.1, 0.15) is 12.0 Å². The predicted molar refractivity (Wildman–Crippen MR) is 57.9 cm³/mol. The summed E-state index contributed by atoms with van der Waals surface area (Å²) in [5, 5.41) is 12.5. The summed E-state index contributed by atoms with van der Waals surface area (Å²) in [6.45, 7) is 0.843. The van der Waals surface area contributed by atoms with Gasteiger partial charge in [-0.3, -0.25) is 0 Å². The van der Waals surface area contributed by atoms with Crippen molar-refractivity contribution in [2.45, 2.75) is 6.42 Å². The van der Waals surface area contributed by atoms with Gasteiger partial charge in [-0.25, -0.2) is 0 Å². The van der Waals surface area contributed by atoms with Crippen molar-refractivity contribution in [2.24, 2.45) is 0 Å². The van der Waals surface area contributed by atoms with E-state index in [2.05, 4.69) is 17.2 Å². The molecule has 0 unspecified atom stereocenters. The molecule has 0 saturated carbocycles. The Morgan fingerprint density at radius 2 is 2.29 bits per heavy atom. The van der Waals surface area contributed by atoms with Gasteiger partial charge in [0.25, 0.3) is 0 Å². The lowest BCUT2D eigenvalue weighted by Gasteiger charge is -1.99. The first-order valence-corrected chi connectivity index (χ1v) is 4.46. The Morgan fingerprint density at radius 3 is 3.00 bits per heavy atom. The number of nitrogen functional groups attached to an aromatic ring is 1. The third kappa shape index (κ3) is 2.68. The Balaban J connectivity index is 2.74. The normalized spacial score (nSPS) is 9.21. The van der Waals surface area contributed by atoms with Crippen molar-refractivity contribution in [1.82, 2.24) is 5.32 Å². The van der Waals surface area contributed by atoms with Crippen LogP contribution >= 0.6 is 0 Å². The summed E-state index contributed by atoms with van der Waals surface area (Å²) in [5.41, 5.74) is 6.47. The van der Waals surface area contributed by atoms with Crippen LogP contribution in [0.25, 0.3) is 0 Å². The number of nitrogens with one attached hydrogen (secondary N) is 1. The van der Waals surface area contributed by atoms with Gasteiger partial charge in [0.1, 0.15) is 0 Å². The molecular weight excluding hydrogens is 176 g/mol. The molecule has 0 aromatic heterocycles. The smallest absolute Gasteiger partial charge is 0.154 e. The number of phenols is 1. The predicted octanol–water partition coefficient (Wildman–Crippen LogP) is 0.935. The number of hydrogen-bond donors (Lipinski definition) is 3. The first-order chi connectivity index (χ1) is 6.75. The summed E-state index contributed by atoms with van der Waals surface area (Å²) >= 11 is 0. The molecule has 14 heavy (non-hydrogen) atoms. The molecule has 1 aromatic rings. The van der Waals surface area contributed by atoms with Crippen molar-refractivity contribution in [2.75, 3.05) is 19.3 Å². The molecule has 0 fully saturated rings. The molecular formula is C11H14N2O. The summed E-state index contributed by atoms with van der Waals surface area (Å²) in [6.07, 6.45) is 0.755. The molecule has 0 saturated heterocycles. The summed E-state index contributed by atoms with van der Waals surface area (Å²) in [6, 6.07) is 5.17. The van der Waals surface area contributed by atoms with Crippen LogP contribution in [-0.4, -0.2) is 18.7 Å². The molecule has 0 spiro atoms. The quantitative estimate of drug-likeness (QED) is 0.281. The fourth-order valence-electron chi connectivity index (χ4n) is 1.01. The Labute approximate surface area is 83.9 Å². The van der Waals surface area contributed by atoms with Gasteiger partial charge in [0.15, 0.2) is 5.75 Å². The first kappa shape index (κ1) is 10.4. The van der Waals surface area contributed by atoms with Gasteiger partial charge >= 0.3 is 0 Å². The molecule has 4 N–H and O–H groups in total. The highest BCUT2D eigenvalue weighted by atomic mass is 16.3. The minimum absolute atomic E-state index is 0.0736. The number of phenolic OH excluding ortho intramolecular Hbond substituents is 1. The fourth-order valence-corrected chi connectivity index (χ4v) is 1.01. The van der Waals surface area contributed by atoms with Crippen LogP contribution in [0.2, 0.25) is 0 Å². The van der Waals surface area contributed by atoms with E-state index in [0.29, 0.717) is 11.3 Å². The van der Waals surface area contributed by atoms with Crippen molar-refractivity contribution < 1.29 is 5.11 Å². The Hall–Kier alpha value is -1.66. The summed E-state index contributed by atoms with van der Waals surface area (Å²) in [7, 11) is 1.87. The van der Waals surface area contributed by atoms with Crippen molar-refractivity contribution in [3.05, 3.63) is 23.8 Å². The largest absolute Gasteiger partial charge is 0.505 e. The monoisotopic (exact) mass is 190 g/mol. The van der Waals surface area contributed by atoms with Gasteiger partial charge in [-0.15, -0.1) is 0 Å². The van der Waals surface area contributed by atoms with Crippen LogP contribution in [-0.2, 0) is 0 Å². The molecule has 0 atom stereocenters. The molecule has 3 heteroatoms.